The Hall–Kier alpha value is -3.98. The molecule has 4 rings (SSSR count). The van der Waals surface area contributed by atoms with E-state index < -0.39 is 17.8 Å². The van der Waals surface area contributed by atoms with Crippen LogP contribution >= 0.6 is 0 Å². The molecule has 0 aliphatic heterocycles. The molecule has 0 bridgehead atoms. The molecule has 0 spiro atoms. The van der Waals surface area contributed by atoms with Gasteiger partial charge in [0, 0.05) is 17.2 Å². The zero-order valence-electron chi connectivity index (χ0n) is 20.8. The number of alkyl halides is 3. The number of benzene rings is 3. The van der Waals surface area contributed by atoms with Gasteiger partial charge in [-0.2, -0.15) is 18.2 Å². The standard InChI is InChI=1S/C28H26F3N3O3/c1-16-15-21(13-14-22(16)23-7-5-6-8-24(23)28(29,30)31)26-33-25(34-37-26)20-11-9-19(10-12-20)17(2)32-18(3)27(35)36-4/h5-15,17-18,32H,1-4H3/t17-,18-/m0/s1. The van der Waals surface area contributed by atoms with Crippen LogP contribution in [0.5, 0.6) is 0 Å². The predicted molar refractivity (Wildman–Crippen MR) is 133 cm³/mol. The average molecular weight is 510 g/mol. The fourth-order valence-corrected chi connectivity index (χ4v) is 4.16. The van der Waals surface area contributed by atoms with Crippen molar-refractivity contribution < 1.29 is 27.2 Å². The number of nitrogens with one attached hydrogen (secondary N) is 1. The van der Waals surface area contributed by atoms with Crippen LogP contribution in [0.4, 0.5) is 13.2 Å². The van der Waals surface area contributed by atoms with E-state index in [1.54, 1.807) is 38.1 Å². The van der Waals surface area contributed by atoms with Crippen molar-refractivity contribution in [3.8, 4) is 34.0 Å². The maximum absolute atomic E-state index is 13.5. The van der Waals surface area contributed by atoms with Crippen molar-refractivity contribution in [2.24, 2.45) is 0 Å². The first kappa shape index (κ1) is 26.1. The third kappa shape index (κ3) is 5.72. The van der Waals surface area contributed by atoms with Crippen molar-refractivity contribution in [1.82, 2.24) is 15.5 Å². The molecule has 37 heavy (non-hydrogen) atoms. The summed E-state index contributed by atoms with van der Waals surface area (Å²) >= 11 is 0. The van der Waals surface area contributed by atoms with Crippen LogP contribution < -0.4 is 5.32 Å². The van der Waals surface area contributed by atoms with E-state index in [9.17, 15) is 18.0 Å². The number of halogens is 3. The van der Waals surface area contributed by atoms with Gasteiger partial charge in [0.05, 0.1) is 12.7 Å². The highest BCUT2D eigenvalue weighted by atomic mass is 19.4. The summed E-state index contributed by atoms with van der Waals surface area (Å²) in [5, 5.41) is 7.24. The molecule has 0 saturated carbocycles. The third-order valence-electron chi connectivity index (χ3n) is 6.15. The van der Waals surface area contributed by atoms with E-state index in [1.807, 2.05) is 31.2 Å². The third-order valence-corrected chi connectivity index (χ3v) is 6.15. The molecule has 0 radical (unpaired) electrons. The molecule has 3 aromatic carbocycles. The average Bonchev–Trinajstić information content (AvgIpc) is 3.38. The molecular formula is C28H26F3N3O3. The Morgan fingerprint density at radius 1 is 0.973 bits per heavy atom. The molecule has 1 aromatic heterocycles. The predicted octanol–water partition coefficient (Wildman–Crippen LogP) is 6.61. The number of hydrogen-bond donors (Lipinski definition) is 1. The van der Waals surface area contributed by atoms with Gasteiger partial charge in [-0.05, 0) is 61.2 Å². The zero-order chi connectivity index (χ0) is 26.7. The highest BCUT2D eigenvalue weighted by Gasteiger charge is 2.33. The van der Waals surface area contributed by atoms with Gasteiger partial charge in [0.15, 0.2) is 0 Å². The lowest BCUT2D eigenvalue weighted by atomic mass is 9.94. The minimum atomic E-state index is -4.45. The summed E-state index contributed by atoms with van der Waals surface area (Å²) < 4.78 is 50.7. The number of rotatable bonds is 7. The Balaban J connectivity index is 1.54. The van der Waals surface area contributed by atoms with Crippen LogP contribution in [0.3, 0.4) is 0 Å². The Morgan fingerprint density at radius 2 is 1.65 bits per heavy atom. The highest BCUT2D eigenvalue weighted by molar-refractivity contribution is 5.75. The molecule has 192 valence electrons. The second kappa shape index (κ2) is 10.6. The monoisotopic (exact) mass is 509 g/mol. The Labute approximate surface area is 212 Å². The van der Waals surface area contributed by atoms with E-state index in [-0.39, 0.29) is 23.5 Å². The summed E-state index contributed by atoms with van der Waals surface area (Å²) in [6.45, 7) is 5.43. The van der Waals surface area contributed by atoms with E-state index in [1.165, 1.54) is 19.2 Å². The van der Waals surface area contributed by atoms with Crippen LogP contribution in [0.15, 0.2) is 71.3 Å². The molecular weight excluding hydrogens is 483 g/mol. The van der Waals surface area contributed by atoms with Crippen molar-refractivity contribution >= 4 is 5.97 Å². The van der Waals surface area contributed by atoms with Gasteiger partial charge in [-0.25, -0.2) is 0 Å². The lowest BCUT2D eigenvalue weighted by Crippen LogP contribution is -2.36. The number of aryl methyl sites for hydroxylation is 1. The summed E-state index contributed by atoms with van der Waals surface area (Å²) in [5.41, 5.74) is 2.88. The summed E-state index contributed by atoms with van der Waals surface area (Å²) in [6.07, 6.45) is -4.45. The van der Waals surface area contributed by atoms with Crippen LogP contribution in [-0.4, -0.2) is 29.3 Å². The van der Waals surface area contributed by atoms with Gasteiger partial charge in [-0.15, -0.1) is 0 Å². The maximum Gasteiger partial charge on any atom is 0.417 e. The number of esters is 1. The van der Waals surface area contributed by atoms with Gasteiger partial charge in [0.25, 0.3) is 5.89 Å². The van der Waals surface area contributed by atoms with Gasteiger partial charge in [0.1, 0.15) is 6.04 Å². The smallest absolute Gasteiger partial charge is 0.417 e. The fourth-order valence-electron chi connectivity index (χ4n) is 4.16. The molecule has 0 amide bonds. The minimum Gasteiger partial charge on any atom is -0.468 e. The molecule has 0 unspecified atom stereocenters. The van der Waals surface area contributed by atoms with E-state index in [2.05, 4.69) is 15.5 Å². The van der Waals surface area contributed by atoms with Gasteiger partial charge >= 0.3 is 12.1 Å². The van der Waals surface area contributed by atoms with Crippen LogP contribution in [0, 0.1) is 6.92 Å². The summed E-state index contributed by atoms with van der Waals surface area (Å²) in [5.74, 6) is 0.310. The van der Waals surface area contributed by atoms with E-state index in [0.717, 1.165) is 17.2 Å². The number of nitrogens with zero attached hydrogens (tertiary/aromatic N) is 2. The van der Waals surface area contributed by atoms with Gasteiger partial charge in [0.2, 0.25) is 5.82 Å². The largest absolute Gasteiger partial charge is 0.468 e. The van der Waals surface area contributed by atoms with Gasteiger partial charge in [-0.1, -0.05) is 53.7 Å². The Bertz CT molecular complexity index is 1400. The van der Waals surface area contributed by atoms with Crippen LogP contribution in [-0.2, 0) is 15.7 Å². The molecule has 6 nitrogen and oxygen atoms in total. The molecule has 0 aliphatic rings. The molecule has 0 saturated heterocycles. The van der Waals surface area contributed by atoms with Crippen LogP contribution in [0.25, 0.3) is 34.0 Å². The Kier molecular flexibility index (Phi) is 7.45. The zero-order valence-corrected chi connectivity index (χ0v) is 20.8. The van der Waals surface area contributed by atoms with Crippen molar-refractivity contribution in [2.75, 3.05) is 7.11 Å². The number of methoxy groups -OCH3 is 1. The second-order valence-corrected chi connectivity index (χ2v) is 8.75. The topological polar surface area (TPSA) is 77.2 Å². The normalized spacial score (nSPS) is 13.3. The van der Waals surface area contributed by atoms with E-state index in [0.29, 0.717) is 22.5 Å². The molecule has 0 fully saturated rings. The molecule has 2 atom stereocenters. The number of ether oxygens (including phenoxy) is 1. The molecule has 4 aromatic rings. The number of carbonyl (C=O) groups is 1. The van der Waals surface area contributed by atoms with Crippen LogP contribution in [0.2, 0.25) is 0 Å². The van der Waals surface area contributed by atoms with Crippen molar-refractivity contribution in [3.05, 3.63) is 83.4 Å². The SMILES string of the molecule is COC(=O)[C@H](C)N[C@@H](C)c1ccc(-c2noc(-c3ccc(-c4ccccc4C(F)(F)F)c(C)c3)n2)cc1. The van der Waals surface area contributed by atoms with Gasteiger partial charge in [-0.3, -0.25) is 10.1 Å². The molecule has 1 heterocycles. The molecule has 0 aliphatic carbocycles. The number of hydrogen-bond acceptors (Lipinski definition) is 6. The first-order valence-corrected chi connectivity index (χ1v) is 11.6. The van der Waals surface area contributed by atoms with E-state index in [4.69, 9.17) is 9.26 Å². The van der Waals surface area contributed by atoms with Gasteiger partial charge < -0.3 is 9.26 Å². The Morgan fingerprint density at radius 3 is 2.30 bits per heavy atom. The van der Waals surface area contributed by atoms with Crippen LogP contribution in [0.1, 0.15) is 36.6 Å². The lowest BCUT2D eigenvalue weighted by Gasteiger charge is -2.18. The lowest BCUT2D eigenvalue weighted by molar-refractivity contribution is -0.142. The van der Waals surface area contributed by atoms with Crippen molar-refractivity contribution in [3.63, 3.8) is 0 Å². The summed E-state index contributed by atoms with van der Waals surface area (Å²) in [7, 11) is 1.35. The summed E-state index contributed by atoms with van der Waals surface area (Å²) in [4.78, 5) is 16.1. The molecule has 1 N–H and O–H groups in total. The summed E-state index contributed by atoms with van der Waals surface area (Å²) in [6, 6.07) is 17.5. The first-order valence-electron chi connectivity index (χ1n) is 11.6. The highest BCUT2D eigenvalue weighted by Crippen LogP contribution is 2.38. The van der Waals surface area contributed by atoms with E-state index >= 15 is 0 Å². The number of carbonyl (C=O) groups excluding carboxylic acids is 1. The minimum absolute atomic E-state index is 0.0899. The van der Waals surface area contributed by atoms with Crippen molar-refractivity contribution in [2.45, 2.75) is 39.0 Å². The fraction of sp³-hybridized carbons (Fsp3) is 0.250. The van der Waals surface area contributed by atoms with Crippen molar-refractivity contribution in [1.29, 1.82) is 0 Å². The number of aromatic nitrogens is 2. The molecule has 9 heteroatoms. The first-order chi connectivity index (χ1) is 17.6. The quantitative estimate of drug-likeness (QED) is 0.283. The maximum atomic E-state index is 13.5. The second-order valence-electron chi connectivity index (χ2n) is 8.75.